The largest absolute Gasteiger partial charge is 0.458 e. The summed E-state index contributed by atoms with van der Waals surface area (Å²) >= 11 is 0. The topological polar surface area (TPSA) is 64.6 Å². The fourth-order valence-electron chi connectivity index (χ4n) is 1.81. The van der Waals surface area contributed by atoms with E-state index in [1.807, 2.05) is 30.3 Å². The zero-order chi connectivity index (χ0) is 17.3. The Kier molecular flexibility index (Phi) is 7.32. The van der Waals surface area contributed by atoms with Gasteiger partial charge in [0.05, 0.1) is 0 Å². The lowest BCUT2D eigenvalue weighted by molar-refractivity contribution is -0.157. The van der Waals surface area contributed by atoms with Crippen molar-refractivity contribution >= 4 is 12.1 Å². The van der Waals surface area contributed by atoms with E-state index in [9.17, 15) is 9.59 Å². The van der Waals surface area contributed by atoms with E-state index in [4.69, 9.17) is 9.47 Å². The second-order valence-electron chi connectivity index (χ2n) is 6.16. The molecule has 0 fully saturated rings. The summed E-state index contributed by atoms with van der Waals surface area (Å²) in [6.07, 6.45) is 2.05. The van der Waals surface area contributed by atoms with Gasteiger partial charge in [0, 0.05) is 0 Å². The molecule has 1 amide bonds. The van der Waals surface area contributed by atoms with E-state index in [2.05, 4.69) is 11.9 Å². The second kappa shape index (κ2) is 8.98. The lowest BCUT2D eigenvalue weighted by atomic mass is 10.1. The molecule has 1 rings (SSSR count). The van der Waals surface area contributed by atoms with Crippen LogP contribution in [-0.4, -0.2) is 23.7 Å². The van der Waals surface area contributed by atoms with Crippen molar-refractivity contribution in [3.63, 3.8) is 0 Å². The minimum absolute atomic E-state index is 0.148. The fourth-order valence-corrected chi connectivity index (χ4v) is 1.81. The summed E-state index contributed by atoms with van der Waals surface area (Å²) in [6.45, 7) is 9.12. The summed E-state index contributed by atoms with van der Waals surface area (Å²) < 4.78 is 10.5. The van der Waals surface area contributed by atoms with Gasteiger partial charge in [-0.15, -0.1) is 6.58 Å². The van der Waals surface area contributed by atoms with Crippen LogP contribution in [0.25, 0.3) is 0 Å². The van der Waals surface area contributed by atoms with E-state index in [1.54, 1.807) is 26.8 Å². The Balaban J connectivity index is 2.56. The van der Waals surface area contributed by atoms with Gasteiger partial charge in [0.1, 0.15) is 18.2 Å². The molecule has 0 heterocycles. The van der Waals surface area contributed by atoms with Gasteiger partial charge in [-0.1, -0.05) is 36.4 Å². The molecule has 0 aliphatic heterocycles. The molecule has 126 valence electrons. The molecule has 5 nitrogen and oxygen atoms in total. The van der Waals surface area contributed by atoms with Gasteiger partial charge in [0.2, 0.25) is 0 Å². The van der Waals surface area contributed by atoms with E-state index < -0.39 is 23.7 Å². The van der Waals surface area contributed by atoms with Crippen molar-refractivity contribution in [2.45, 2.75) is 51.9 Å². The Morgan fingerprint density at radius 1 is 1.26 bits per heavy atom. The summed E-state index contributed by atoms with van der Waals surface area (Å²) in [5, 5.41) is 2.56. The number of hydrogen-bond acceptors (Lipinski definition) is 4. The van der Waals surface area contributed by atoms with Gasteiger partial charge in [-0.05, 0) is 39.2 Å². The van der Waals surface area contributed by atoms with E-state index >= 15 is 0 Å². The summed E-state index contributed by atoms with van der Waals surface area (Å²) in [4.78, 5) is 24.0. The molecule has 1 atom stereocenters. The highest BCUT2D eigenvalue weighted by atomic mass is 16.6. The van der Waals surface area contributed by atoms with Crippen LogP contribution in [0.4, 0.5) is 4.79 Å². The van der Waals surface area contributed by atoms with Crippen LogP contribution in [0.2, 0.25) is 0 Å². The van der Waals surface area contributed by atoms with Crippen molar-refractivity contribution in [2.75, 3.05) is 0 Å². The van der Waals surface area contributed by atoms with Crippen LogP contribution in [0.15, 0.2) is 43.0 Å². The van der Waals surface area contributed by atoms with Crippen LogP contribution >= 0.6 is 0 Å². The molecule has 1 aromatic rings. The average molecular weight is 319 g/mol. The van der Waals surface area contributed by atoms with Crippen molar-refractivity contribution in [3.05, 3.63) is 48.6 Å². The van der Waals surface area contributed by atoms with Gasteiger partial charge >= 0.3 is 12.1 Å². The van der Waals surface area contributed by atoms with Gasteiger partial charge in [0.25, 0.3) is 0 Å². The fraction of sp³-hybridized carbons (Fsp3) is 0.444. The summed E-state index contributed by atoms with van der Waals surface area (Å²) in [5.74, 6) is -0.476. The van der Waals surface area contributed by atoms with E-state index in [0.717, 1.165) is 5.56 Å². The molecule has 0 aromatic heterocycles. The van der Waals surface area contributed by atoms with E-state index in [-0.39, 0.29) is 6.61 Å². The third kappa shape index (κ3) is 8.04. The Bertz CT molecular complexity index is 520. The van der Waals surface area contributed by atoms with Crippen molar-refractivity contribution in [3.8, 4) is 0 Å². The number of benzene rings is 1. The zero-order valence-corrected chi connectivity index (χ0v) is 14.0. The molecule has 0 spiro atoms. The minimum atomic E-state index is -0.754. The van der Waals surface area contributed by atoms with Crippen molar-refractivity contribution in [1.82, 2.24) is 5.32 Å². The molecule has 0 bridgehead atoms. The molecule has 23 heavy (non-hydrogen) atoms. The monoisotopic (exact) mass is 319 g/mol. The third-order valence-corrected chi connectivity index (χ3v) is 2.86. The van der Waals surface area contributed by atoms with Crippen molar-refractivity contribution in [1.29, 1.82) is 0 Å². The van der Waals surface area contributed by atoms with Crippen LogP contribution in [-0.2, 0) is 20.9 Å². The molecule has 1 unspecified atom stereocenters. The third-order valence-electron chi connectivity index (χ3n) is 2.86. The Morgan fingerprint density at radius 3 is 2.48 bits per heavy atom. The molecule has 1 aromatic carbocycles. The van der Waals surface area contributed by atoms with Crippen molar-refractivity contribution in [2.24, 2.45) is 0 Å². The van der Waals surface area contributed by atoms with Gasteiger partial charge in [-0.2, -0.15) is 0 Å². The van der Waals surface area contributed by atoms with Crippen LogP contribution in [0.5, 0.6) is 0 Å². The molecule has 5 heteroatoms. The molecular formula is C18H25NO4. The first-order chi connectivity index (χ1) is 10.8. The van der Waals surface area contributed by atoms with Gasteiger partial charge in [-0.3, -0.25) is 0 Å². The standard InChI is InChI=1S/C18H25NO4/c1-5-6-12-15(16(20)23-18(2,3)4)19-17(21)22-13-14-10-8-7-9-11-14/h5,7-11,15H,1,6,12-13H2,2-4H3,(H,19,21). The lowest BCUT2D eigenvalue weighted by Crippen LogP contribution is -2.44. The number of esters is 1. The molecule has 0 saturated carbocycles. The van der Waals surface area contributed by atoms with E-state index in [1.165, 1.54) is 0 Å². The van der Waals surface area contributed by atoms with Gasteiger partial charge in [-0.25, -0.2) is 9.59 Å². The first-order valence-electron chi connectivity index (χ1n) is 7.63. The molecular weight excluding hydrogens is 294 g/mol. The Labute approximate surface area is 137 Å². The lowest BCUT2D eigenvalue weighted by Gasteiger charge is -2.24. The first-order valence-corrected chi connectivity index (χ1v) is 7.63. The summed E-state index contributed by atoms with van der Waals surface area (Å²) in [6, 6.07) is 8.58. The minimum Gasteiger partial charge on any atom is -0.458 e. The number of alkyl carbamates (subject to hydrolysis) is 1. The number of carbonyl (C=O) groups excluding carboxylic acids is 2. The SMILES string of the molecule is C=CCCC(NC(=O)OCc1ccccc1)C(=O)OC(C)(C)C. The number of amides is 1. The molecule has 0 aliphatic rings. The quantitative estimate of drug-likeness (QED) is 0.616. The van der Waals surface area contributed by atoms with Crippen LogP contribution < -0.4 is 5.32 Å². The number of ether oxygens (including phenoxy) is 2. The molecule has 1 N–H and O–H groups in total. The van der Waals surface area contributed by atoms with Crippen LogP contribution in [0.1, 0.15) is 39.2 Å². The number of hydrogen-bond donors (Lipinski definition) is 1. The molecule has 0 saturated heterocycles. The number of allylic oxidation sites excluding steroid dienone is 1. The number of rotatable bonds is 7. The van der Waals surface area contributed by atoms with Gasteiger partial charge < -0.3 is 14.8 Å². The molecule has 0 radical (unpaired) electrons. The second-order valence-corrected chi connectivity index (χ2v) is 6.16. The van der Waals surface area contributed by atoms with Gasteiger partial charge in [0.15, 0.2) is 0 Å². The maximum Gasteiger partial charge on any atom is 0.408 e. The maximum absolute atomic E-state index is 12.1. The van der Waals surface area contributed by atoms with E-state index in [0.29, 0.717) is 12.8 Å². The number of carbonyl (C=O) groups is 2. The Hall–Kier alpha value is -2.30. The Morgan fingerprint density at radius 2 is 1.91 bits per heavy atom. The van der Waals surface area contributed by atoms with Crippen LogP contribution in [0, 0.1) is 0 Å². The smallest absolute Gasteiger partial charge is 0.408 e. The molecule has 0 aliphatic carbocycles. The maximum atomic E-state index is 12.1. The number of nitrogens with one attached hydrogen (secondary N) is 1. The van der Waals surface area contributed by atoms with Crippen molar-refractivity contribution < 1.29 is 19.1 Å². The normalized spacial score (nSPS) is 12.1. The zero-order valence-electron chi connectivity index (χ0n) is 14.0. The first kappa shape index (κ1) is 18.7. The average Bonchev–Trinajstić information content (AvgIpc) is 2.48. The predicted molar refractivity (Wildman–Crippen MR) is 88.8 cm³/mol. The highest BCUT2D eigenvalue weighted by Gasteiger charge is 2.26. The predicted octanol–water partition coefficient (Wildman–Crippen LogP) is 3.59. The summed E-state index contributed by atoms with van der Waals surface area (Å²) in [5.41, 5.74) is 0.265. The highest BCUT2D eigenvalue weighted by molar-refractivity contribution is 5.81. The summed E-state index contributed by atoms with van der Waals surface area (Å²) in [7, 11) is 0. The highest BCUT2D eigenvalue weighted by Crippen LogP contribution is 2.11. The van der Waals surface area contributed by atoms with Crippen LogP contribution in [0.3, 0.4) is 0 Å².